The molecule has 3 aromatic rings. The smallest absolute Gasteiger partial charge is 0.0705 e. The number of pyridine rings is 1. The number of rotatable bonds is 3. The summed E-state index contributed by atoms with van der Waals surface area (Å²) in [5.74, 6) is 0. The molecular formula is C17H15ClN2. The molecule has 1 heterocycles. The van der Waals surface area contributed by atoms with E-state index in [1.54, 1.807) is 0 Å². The lowest BCUT2D eigenvalue weighted by Gasteiger charge is -2.18. The molecule has 0 amide bonds. The van der Waals surface area contributed by atoms with Crippen molar-refractivity contribution in [1.29, 1.82) is 0 Å². The van der Waals surface area contributed by atoms with Crippen LogP contribution in [0.3, 0.4) is 0 Å². The van der Waals surface area contributed by atoms with E-state index in [2.05, 4.69) is 34.6 Å². The molecule has 0 saturated heterocycles. The molecule has 2 aromatic carbocycles. The van der Waals surface area contributed by atoms with E-state index in [0.717, 1.165) is 27.1 Å². The first-order valence-electron chi connectivity index (χ1n) is 6.56. The van der Waals surface area contributed by atoms with Crippen LogP contribution in [-0.2, 0) is 0 Å². The van der Waals surface area contributed by atoms with Gasteiger partial charge in [-0.2, -0.15) is 0 Å². The van der Waals surface area contributed by atoms with Gasteiger partial charge in [-0.25, -0.2) is 0 Å². The van der Waals surface area contributed by atoms with Crippen LogP contribution in [-0.4, -0.2) is 12.0 Å². The third kappa shape index (κ3) is 2.40. The SMILES string of the molecule is CNC(c1ccc2cccnc2c1)c1ccccc1Cl. The molecule has 20 heavy (non-hydrogen) atoms. The zero-order valence-corrected chi connectivity index (χ0v) is 11.9. The van der Waals surface area contributed by atoms with Gasteiger partial charge in [0.25, 0.3) is 0 Å². The summed E-state index contributed by atoms with van der Waals surface area (Å²) in [6, 6.07) is 18.3. The number of nitrogens with one attached hydrogen (secondary N) is 1. The normalized spacial score (nSPS) is 12.5. The second-order valence-electron chi connectivity index (χ2n) is 4.70. The number of aromatic nitrogens is 1. The van der Waals surface area contributed by atoms with Crippen molar-refractivity contribution in [2.24, 2.45) is 0 Å². The molecule has 1 N–H and O–H groups in total. The minimum Gasteiger partial charge on any atom is -0.309 e. The number of halogens is 1. The van der Waals surface area contributed by atoms with Crippen LogP contribution < -0.4 is 5.32 Å². The molecule has 0 spiro atoms. The van der Waals surface area contributed by atoms with Crippen LogP contribution in [0.15, 0.2) is 60.8 Å². The number of benzene rings is 2. The van der Waals surface area contributed by atoms with Gasteiger partial charge in [0.05, 0.1) is 11.6 Å². The lowest BCUT2D eigenvalue weighted by Crippen LogP contribution is -2.18. The van der Waals surface area contributed by atoms with E-state index in [0.29, 0.717) is 0 Å². The van der Waals surface area contributed by atoms with Gasteiger partial charge in [-0.05, 0) is 36.4 Å². The number of hydrogen-bond donors (Lipinski definition) is 1. The molecular weight excluding hydrogens is 268 g/mol. The van der Waals surface area contributed by atoms with Crippen molar-refractivity contribution in [3.05, 3.63) is 76.9 Å². The Bertz CT molecular complexity index is 740. The second-order valence-corrected chi connectivity index (χ2v) is 5.11. The fourth-order valence-corrected chi connectivity index (χ4v) is 2.72. The minimum atomic E-state index is 0.0649. The standard InChI is InChI=1S/C17H15ClN2/c1-19-17(14-6-2-3-7-15(14)18)13-9-8-12-5-4-10-20-16(12)11-13/h2-11,17,19H,1H3. The van der Waals surface area contributed by atoms with Crippen LogP contribution in [0.5, 0.6) is 0 Å². The molecule has 0 aliphatic carbocycles. The van der Waals surface area contributed by atoms with Crippen LogP contribution in [0.2, 0.25) is 5.02 Å². The van der Waals surface area contributed by atoms with Gasteiger partial charge in [-0.3, -0.25) is 4.98 Å². The van der Waals surface area contributed by atoms with E-state index in [-0.39, 0.29) is 6.04 Å². The topological polar surface area (TPSA) is 24.9 Å². The number of fused-ring (bicyclic) bond motifs is 1. The van der Waals surface area contributed by atoms with Gasteiger partial charge in [0.15, 0.2) is 0 Å². The van der Waals surface area contributed by atoms with E-state index in [1.165, 1.54) is 0 Å². The molecule has 3 rings (SSSR count). The summed E-state index contributed by atoms with van der Waals surface area (Å²) in [5, 5.41) is 5.24. The Morgan fingerprint density at radius 1 is 1.05 bits per heavy atom. The minimum absolute atomic E-state index is 0.0649. The van der Waals surface area contributed by atoms with Gasteiger partial charge in [0.1, 0.15) is 0 Å². The van der Waals surface area contributed by atoms with Crippen molar-refractivity contribution in [2.75, 3.05) is 7.05 Å². The van der Waals surface area contributed by atoms with Crippen molar-refractivity contribution in [1.82, 2.24) is 10.3 Å². The van der Waals surface area contributed by atoms with Crippen molar-refractivity contribution in [3.63, 3.8) is 0 Å². The predicted molar refractivity (Wildman–Crippen MR) is 84.1 cm³/mol. The molecule has 100 valence electrons. The van der Waals surface area contributed by atoms with Gasteiger partial charge in [-0.15, -0.1) is 0 Å². The summed E-state index contributed by atoms with van der Waals surface area (Å²) < 4.78 is 0. The largest absolute Gasteiger partial charge is 0.309 e. The zero-order chi connectivity index (χ0) is 13.9. The second kappa shape index (κ2) is 5.61. The monoisotopic (exact) mass is 282 g/mol. The Morgan fingerprint density at radius 3 is 2.70 bits per heavy atom. The Labute approximate surface area is 123 Å². The zero-order valence-electron chi connectivity index (χ0n) is 11.2. The highest BCUT2D eigenvalue weighted by atomic mass is 35.5. The predicted octanol–water partition coefficient (Wildman–Crippen LogP) is 4.20. The molecule has 0 aliphatic heterocycles. The summed E-state index contributed by atoms with van der Waals surface area (Å²) in [6.45, 7) is 0. The Balaban J connectivity index is 2.10. The van der Waals surface area contributed by atoms with E-state index in [9.17, 15) is 0 Å². The summed E-state index contributed by atoms with van der Waals surface area (Å²) >= 11 is 6.31. The molecule has 1 unspecified atom stereocenters. The van der Waals surface area contributed by atoms with Gasteiger partial charge in [-0.1, -0.05) is 48.0 Å². The molecule has 0 aliphatic rings. The molecule has 0 radical (unpaired) electrons. The lowest BCUT2D eigenvalue weighted by molar-refractivity contribution is 0.693. The summed E-state index contributed by atoms with van der Waals surface area (Å²) in [5.41, 5.74) is 3.23. The number of nitrogens with zero attached hydrogens (tertiary/aromatic N) is 1. The quantitative estimate of drug-likeness (QED) is 0.779. The highest BCUT2D eigenvalue weighted by Gasteiger charge is 2.15. The molecule has 0 fully saturated rings. The summed E-state index contributed by atoms with van der Waals surface area (Å²) in [4.78, 5) is 4.41. The van der Waals surface area contributed by atoms with Crippen LogP contribution in [0.25, 0.3) is 10.9 Å². The first kappa shape index (κ1) is 13.1. The third-order valence-corrected chi connectivity index (χ3v) is 3.81. The van der Waals surface area contributed by atoms with Gasteiger partial charge in [0.2, 0.25) is 0 Å². The Kier molecular flexibility index (Phi) is 3.68. The highest BCUT2D eigenvalue weighted by molar-refractivity contribution is 6.31. The molecule has 0 bridgehead atoms. The average molecular weight is 283 g/mol. The fourth-order valence-electron chi connectivity index (χ4n) is 2.47. The van der Waals surface area contributed by atoms with E-state index in [1.807, 2.05) is 43.6 Å². The fraction of sp³-hybridized carbons (Fsp3) is 0.118. The number of hydrogen-bond acceptors (Lipinski definition) is 2. The Hall–Kier alpha value is -1.90. The maximum absolute atomic E-state index is 6.31. The average Bonchev–Trinajstić information content (AvgIpc) is 2.50. The van der Waals surface area contributed by atoms with E-state index < -0.39 is 0 Å². The van der Waals surface area contributed by atoms with Crippen LogP contribution in [0.1, 0.15) is 17.2 Å². The maximum atomic E-state index is 6.31. The van der Waals surface area contributed by atoms with Crippen LogP contribution in [0, 0.1) is 0 Å². The van der Waals surface area contributed by atoms with Crippen molar-refractivity contribution < 1.29 is 0 Å². The van der Waals surface area contributed by atoms with Crippen LogP contribution in [0.4, 0.5) is 0 Å². The first-order chi connectivity index (χ1) is 9.79. The van der Waals surface area contributed by atoms with Gasteiger partial charge >= 0.3 is 0 Å². The highest BCUT2D eigenvalue weighted by Crippen LogP contribution is 2.29. The molecule has 1 aromatic heterocycles. The van der Waals surface area contributed by atoms with Crippen molar-refractivity contribution in [2.45, 2.75) is 6.04 Å². The lowest BCUT2D eigenvalue weighted by atomic mass is 9.97. The maximum Gasteiger partial charge on any atom is 0.0705 e. The molecule has 0 saturated carbocycles. The van der Waals surface area contributed by atoms with Gasteiger partial charge in [0, 0.05) is 16.6 Å². The van der Waals surface area contributed by atoms with E-state index >= 15 is 0 Å². The molecule has 1 atom stereocenters. The van der Waals surface area contributed by atoms with Crippen LogP contribution >= 0.6 is 11.6 Å². The van der Waals surface area contributed by atoms with Crippen molar-refractivity contribution >= 4 is 22.5 Å². The Morgan fingerprint density at radius 2 is 1.90 bits per heavy atom. The van der Waals surface area contributed by atoms with E-state index in [4.69, 9.17) is 11.6 Å². The molecule has 3 heteroatoms. The van der Waals surface area contributed by atoms with Gasteiger partial charge < -0.3 is 5.32 Å². The summed E-state index contributed by atoms with van der Waals surface area (Å²) in [6.07, 6.45) is 1.82. The third-order valence-electron chi connectivity index (χ3n) is 3.47. The van der Waals surface area contributed by atoms with Crippen molar-refractivity contribution in [3.8, 4) is 0 Å². The first-order valence-corrected chi connectivity index (χ1v) is 6.94. The molecule has 2 nitrogen and oxygen atoms in total. The summed E-state index contributed by atoms with van der Waals surface area (Å²) in [7, 11) is 1.94.